The van der Waals surface area contributed by atoms with Gasteiger partial charge in [0.15, 0.2) is 0 Å². The zero-order valence-electron chi connectivity index (χ0n) is 12.8. The molecular weight excluding hydrogens is 295 g/mol. The molecule has 0 fully saturated rings. The standard InChI is InChI=1S/C18H17FN2O2/c1-12(17(22)20-10-13-6-8-15(19)9-7-13)21-11-14-4-2-3-5-16(14)18(21)23/h2-9,12H,10-11H2,1H3,(H,20,22)/t12-/m1/s1. The number of rotatable bonds is 4. The number of amides is 2. The Morgan fingerprint density at radius 2 is 1.91 bits per heavy atom. The maximum atomic E-state index is 12.9. The lowest BCUT2D eigenvalue weighted by Crippen LogP contribution is -2.45. The highest BCUT2D eigenvalue weighted by molar-refractivity contribution is 6.00. The second kappa shape index (κ2) is 6.20. The second-order valence-electron chi connectivity index (χ2n) is 5.61. The molecular formula is C18H17FN2O2. The summed E-state index contributed by atoms with van der Waals surface area (Å²) in [6, 6.07) is 12.8. The first-order valence-electron chi connectivity index (χ1n) is 7.47. The van der Waals surface area contributed by atoms with Crippen molar-refractivity contribution in [3.05, 3.63) is 71.0 Å². The number of fused-ring (bicyclic) bond motifs is 1. The number of hydrogen-bond acceptors (Lipinski definition) is 2. The predicted molar refractivity (Wildman–Crippen MR) is 84.0 cm³/mol. The highest BCUT2D eigenvalue weighted by Crippen LogP contribution is 2.24. The monoisotopic (exact) mass is 312 g/mol. The minimum atomic E-state index is -0.560. The fourth-order valence-corrected chi connectivity index (χ4v) is 2.67. The molecule has 0 saturated heterocycles. The van der Waals surface area contributed by atoms with Crippen molar-refractivity contribution >= 4 is 11.8 Å². The lowest BCUT2D eigenvalue weighted by atomic mass is 10.1. The smallest absolute Gasteiger partial charge is 0.255 e. The van der Waals surface area contributed by atoms with Gasteiger partial charge in [0.25, 0.3) is 5.91 Å². The Morgan fingerprint density at radius 1 is 1.22 bits per heavy atom. The van der Waals surface area contributed by atoms with Crippen LogP contribution in [0.25, 0.3) is 0 Å². The Labute approximate surface area is 133 Å². The van der Waals surface area contributed by atoms with Gasteiger partial charge in [-0.15, -0.1) is 0 Å². The number of benzene rings is 2. The van der Waals surface area contributed by atoms with Crippen molar-refractivity contribution in [2.45, 2.75) is 26.1 Å². The van der Waals surface area contributed by atoms with Gasteiger partial charge in [-0.3, -0.25) is 9.59 Å². The van der Waals surface area contributed by atoms with Gasteiger partial charge in [-0.25, -0.2) is 4.39 Å². The molecule has 4 nitrogen and oxygen atoms in total. The fourth-order valence-electron chi connectivity index (χ4n) is 2.67. The van der Waals surface area contributed by atoms with E-state index in [4.69, 9.17) is 0 Å². The molecule has 1 heterocycles. The molecule has 1 aliphatic rings. The van der Waals surface area contributed by atoms with Crippen LogP contribution in [0.4, 0.5) is 4.39 Å². The average Bonchev–Trinajstić information content (AvgIpc) is 2.90. The van der Waals surface area contributed by atoms with Gasteiger partial charge < -0.3 is 10.2 Å². The van der Waals surface area contributed by atoms with Crippen molar-refractivity contribution in [1.82, 2.24) is 10.2 Å². The highest BCUT2D eigenvalue weighted by Gasteiger charge is 2.33. The Bertz CT molecular complexity index is 743. The van der Waals surface area contributed by atoms with E-state index in [9.17, 15) is 14.0 Å². The summed E-state index contributed by atoms with van der Waals surface area (Å²) in [5.74, 6) is -0.658. The zero-order chi connectivity index (χ0) is 16.4. The van der Waals surface area contributed by atoms with Crippen LogP contribution in [0.3, 0.4) is 0 Å². The molecule has 0 radical (unpaired) electrons. The first-order chi connectivity index (χ1) is 11.1. The van der Waals surface area contributed by atoms with Crippen molar-refractivity contribution < 1.29 is 14.0 Å². The van der Waals surface area contributed by atoms with Crippen molar-refractivity contribution in [3.8, 4) is 0 Å². The van der Waals surface area contributed by atoms with E-state index in [2.05, 4.69) is 5.32 Å². The molecule has 0 unspecified atom stereocenters. The summed E-state index contributed by atoms with van der Waals surface area (Å²) in [7, 11) is 0. The fraction of sp³-hybridized carbons (Fsp3) is 0.222. The van der Waals surface area contributed by atoms with Crippen LogP contribution in [0.2, 0.25) is 0 Å². The molecule has 0 aromatic heterocycles. The van der Waals surface area contributed by atoms with E-state index in [0.717, 1.165) is 11.1 Å². The van der Waals surface area contributed by atoms with Gasteiger partial charge >= 0.3 is 0 Å². The van der Waals surface area contributed by atoms with E-state index >= 15 is 0 Å². The van der Waals surface area contributed by atoms with Crippen LogP contribution < -0.4 is 5.32 Å². The lowest BCUT2D eigenvalue weighted by molar-refractivity contribution is -0.125. The van der Waals surface area contributed by atoms with Gasteiger partial charge in [-0.1, -0.05) is 30.3 Å². The molecule has 5 heteroatoms. The van der Waals surface area contributed by atoms with Gasteiger partial charge in [0.05, 0.1) is 0 Å². The van der Waals surface area contributed by atoms with Crippen LogP contribution in [0.15, 0.2) is 48.5 Å². The molecule has 1 atom stereocenters. The molecule has 0 spiro atoms. The van der Waals surface area contributed by atoms with Crippen molar-refractivity contribution in [2.24, 2.45) is 0 Å². The Kier molecular flexibility index (Phi) is 4.10. The third-order valence-electron chi connectivity index (χ3n) is 4.08. The Hall–Kier alpha value is -2.69. The van der Waals surface area contributed by atoms with Gasteiger partial charge in [0.1, 0.15) is 11.9 Å². The summed E-state index contributed by atoms with van der Waals surface area (Å²) < 4.78 is 12.9. The van der Waals surface area contributed by atoms with E-state index in [1.165, 1.54) is 12.1 Å². The van der Waals surface area contributed by atoms with Crippen LogP contribution in [0.5, 0.6) is 0 Å². The van der Waals surface area contributed by atoms with Crippen LogP contribution in [-0.2, 0) is 17.9 Å². The molecule has 2 amide bonds. The van der Waals surface area contributed by atoms with E-state index in [1.54, 1.807) is 30.0 Å². The average molecular weight is 312 g/mol. The van der Waals surface area contributed by atoms with Gasteiger partial charge in [-0.2, -0.15) is 0 Å². The summed E-state index contributed by atoms with van der Waals surface area (Å²) in [6.07, 6.45) is 0. The largest absolute Gasteiger partial charge is 0.350 e. The first-order valence-corrected chi connectivity index (χ1v) is 7.47. The number of halogens is 1. The number of nitrogens with zero attached hydrogens (tertiary/aromatic N) is 1. The molecule has 0 saturated carbocycles. The molecule has 1 aliphatic heterocycles. The summed E-state index contributed by atoms with van der Waals surface area (Å²) in [4.78, 5) is 26.2. The summed E-state index contributed by atoms with van der Waals surface area (Å²) in [6.45, 7) is 2.46. The summed E-state index contributed by atoms with van der Waals surface area (Å²) >= 11 is 0. The van der Waals surface area contributed by atoms with Crippen LogP contribution >= 0.6 is 0 Å². The lowest BCUT2D eigenvalue weighted by Gasteiger charge is -2.23. The maximum absolute atomic E-state index is 12.9. The molecule has 2 aromatic rings. The van der Waals surface area contributed by atoms with Crippen molar-refractivity contribution in [2.75, 3.05) is 0 Å². The van der Waals surface area contributed by atoms with Crippen LogP contribution in [0.1, 0.15) is 28.4 Å². The minimum Gasteiger partial charge on any atom is -0.350 e. The summed E-state index contributed by atoms with van der Waals surface area (Å²) in [5.41, 5.74) is 2.41. The third-order valence-corrected chi connectivity index (χ3v) is 4.08. The van der Waals surface area contributed by atoms with E-state index < -0.39 is 6.04 Å². The quantitative estimate of drug-likeness (QED) is 0.943. The SMILES string of the molecule is C[C@H](C(=O)NCc1ccc(F)cc1)N1Cc2ccccc2C1=O. The molecule has 1 N–H and O–H groups in total. The van der Waals surface area contributed by atoms with Crippen LogP contribution in [0, 0.1) is 5.82 Å². The molecule has 0 aliphatic carbocycles. The second-order valence-corrected chi connectivity index (χ2v) is 5.61. The normalized spacial score (nSPS) is 14.5. The molecule has 118 valence electrons. The Balaban J connectivity index is 1.62. The van der Waals surface area contributed by atoms with Crippen molar-refractivity contribution in [1.29, 1.82) is 0 Å². The third kappa shape index (κ3) is 3.08. The minimum absolute atomic E-state index is 0.120. The van der Waals surface area contributed by atoms with Crippen molar-refractivity contribution in [3.63, 3.8) is 0 Å². The van der Waals surface area contributed by atoms with Crippen LogP contribution in [-0.4, -0.2) is 22.8 Å². The highest BCUT2D eigenvalue weighted by atomic mass is 19.1. The van der Waals surface area contributed by atoms with Gasteiger partial charge in [0.2, 0.25) is 5.91 Å². The Morgan fingerprint density at radius 3 is 2.61 bits per heavy atom. The van der Waals surface area contributed by atoms with E-state index in [1.807, 2.05) is 18.2 Å². The molecule has 2 aromatic carbocycles. The topological polar surface area (TPSA) is 49.4 Å². The number of carbonyl (C=O) groups is 2. The first kappa shape index (κ1) is 15.2. The number of carbonyl (C=O) groups excluding carboxylic acids is 2. The van der Waals surface area contributed by atoms with E-state index in [0.29, 0.717) is 18.7 Å². The number of nitrogens with one attached hydrogen (secondary N) is 1. The van der Waals surface area contributed by atoms with Gasteiger partial charge in [-0.05, 0) is 36.2 Å². The van der Waals surface area contributed by atoms with E-state index in [-0.39, 0.29) is 17.6 Å². The predicted octanol–water partition coefficient (Wildman–Crippen LogP) is 2.49. The zero-order valence-corrected chi connectivity index (χ0v) is 12.8. The number of hydrogen-bond donors (Lipinski definition) is 1. The molecule has 23 heavy (non-hydrogen) atoms. The van der Waals surface area contributed by atoms with Gasteiger partial charge in [0, 0.05) is 18.7 Å². The molecule has 3 rings (SSSR count). The molecule has 0 bridgehead atoms. The maximum Gasteiger partial charge on any atom is 0.255 e. The summed E-state index contributed by atoms with van der Waals surface area (Å²) in [5, 5.41) is 2.79.